The fourth-order valence-electron chi connectivity index (χ4n) is 3.94. The molecule has 5 nitrogen and oxygen atoms in total. The van der Waals surface area contributed by atoms with E-state index < -0.39 is 17.9 Å². The predicted octanol–water partition coefficient (Wildman–Crippen LogP) is 5.80. The third kappa shape index (κ3) is 6.15. The van der Waals surface area contributed by atoms with E-state index in [9.17, 15) is 12.8 Å². The molecule has 4 rings (SSSR count). The lowest BCUT2D eigenvalue weighted by molar-refractivity contribution is 0.602. The molecule has 0 aliphatic carbocycles. The number of hydrogen-bond donors (Lipinski definition) is 1. The molecule has 8 heteroatoms. The lowest BCUT2D eigenvalue weighted by Crippen LogP contribution is -2.19. The molecule has 0 atom stereocenters. The minimum absolute atomic E-state index is 0.00970. The summed E-state index contributed by atoms with van der Waals surface area (Å²) < 4.78 is 41.0. The van der Waals surface area contributed by atoms with Crippen molar-refractivity contribution in [2.24, 2.45) is 0 Å². The highest BCUT2D eigenvalue weighted by molar-refractivity contribution is 7.92. The van der Waals surface area contributed by atoms with E-state index in [-0.39, 0.29) is 23.4 Å². The third-order valence-electron chi connectivity index (χ3n) is 5.78. The molecule has 0 radical (unpaired) electrons. The van der Waals surface area contributed by atoms with Crippen molar-refractivity contribution in [1.29, 1.82) is 0 Å². The van der Waals surface area contributed by atoms with Crippen LogP contribution in [0.5, 0.6) is 0 Å². The van der Waals surface area contributed by atoms with Crippen LogP contribution in [-0.4, -0.2) is 24.1 Å². The molecule has 0 unspecified atom stereocenters. The van der Waals surface area contributed by atoms with E-state index in [1.54, 1.807) is 19.1 Å². The Morgan fingerprint density at radius 3 is 1.92 bits per heavy atom. The summed E-state index contributed by atoms with van der Waals surface area (Å²) in [5.41, 5.74) is 3.04. The molecular formula is C28H29FN3O2PS. The summed E-state index contributed by atoms with van der Waals surface area (Å²) in [7, 11) is -4.39. The van der Waals surface area contributed by atoms with Crippen LogP contribution in [0.2, 0.25) is 0 Å². The number of rotatable bonds is 9. The maximum atomic E-state index is 13.8. The number of halogens is 1. The van der Waals surface area contributed by atoms with Gasteiger partial charge in [0.15, 0.2) is 0 Å². The molecule has 36 heavy (non-hydrogen) atoms. The first-order valence-electron chi connectivity index (χ1n) is 11.8. The van der Waals surface area contributed by atoms with Gasteiger partial charge >= 0.3 is 0 Å². The predicted molar refractivity (Wildman–Crippen MR) is 147 cm³/mol. The van der Waals surface area contributed by atoms with E-state index in [1.807, 2.05) is 50.2 Å². The van der Waals surface area contributed by atoms with Crippen molar-refractivity contribution in [3.05, 3.63) is 102 Å². The van der Waals surface area contributed by atoms with E-state index in [4.69, 9.17) is 0 Å². The van der Waals surface area contributed by atoms with Gasteiger partial charge < -0.3 is 0 Å². The number of benzene rings is 3. The molecule has 4 aromatic rings. The Labute approximate surface area is 213 Å². The zero-order chi connectivity index (χ0) is 25.7. The van der Waals surface area contributed by atoms with Crippen LogP contribution in [0.4, 0.5) is 10.3 Å². The number of nitrogens with zero attached hydrogens (tertiary/aromatic N) is 2. The smallest absolute Gasteiger partial charge is 0.237 e. The third-order valence-corrected chi connectivity index (χ3v) is 9.51. The molecule has 0 spiro atoms. The van der Waals surface area contributed by atoms with Gasteiger partial charge in [-0.25, -0.2) is 22.8 Å². The summed E-state index contributed by atoms with van der Waals surface area (Å²) in [6, 6.07) is 26.8. The standard InChI is InChI=1S/C28H29FN3O2PS/c1-4-36(33,34)32-28-30-26(20(2)3)25(27(31-28)21-15-17-22(29)18-16-21)19-35(23-11-7-5-8-12-23)24-13-9-6-10-14-24/h5-18,20H,4,19H2,1-3H3,(H,30,31,32). The van der Waals surface area contributed by atoms with Gasteiger partial charge in [0.1, 0.15) is 5.82 Å². The first-order valence-corrected chi connectivity index (χ1v) is 15.0. The zero-order valence-electron chi connectivity index (χ0n) is 20.5. The van der Waals surface area contributed by atoms with Crippen LogP contribution < -0.4 is 15.3 Å². The monoisotopic (exact) mass is 521 g/mol. The van der Waals surface area contributed by atoms with Crippen molar-refractivity contribution < 1.29 is 12.8 Å². The quantitative estimate of drug-likeness (QED) is 0.283. The van der Waals surface area contributed by atoms with Gasteiger partial charge in [-0.05, 0) is 55.6 Å². The van der Waals surface area contributed by atoms with E-state index in [1.165, 1.54) is 22.7 Å². The first-order chi connectivity index (χ1) is 17.3. The summed E-state index contributed by atoms with van der Waals surface area (Å²) in [4.78, 5) is 9.36. The summed E-state index contributed by atoms with van der Waals surface area (Å²) in [5, 5.41) is 2.43. The van der Waals surface area contributed by atoms with Crippen LogP contribution in [0.15, 0.2) is 84.9 Å². The Morgan fingerprint density at radius 2 is 1.42 bits per heavy atom. The van der Waals surface area contributed by atoms with Crippen LogP contribution in [0.3, 0.4) is 0 Å². The van der Waals surface area contributed by atoms with E-state index in [2.05, 4.69) is 39.0 Å². The normalized spacial score (nSPS) is 11.7. The minimum atomic E-state index is -3.57. The van der Waals surface area contributed by atoms with Gasteiger partial charge in [0.2, 0.25) is 16.0 Å². The van der Waals surface area contributed by atoms with Crippen molar-refractivity contribution >= 4 is 34.5 Å². The Bertz CT molecular complexity index is 1380. The Morgan fingerprint density at radius 1 is 0.861 bits per heavy atom. The second kappa shape index (κ2) is 11.3. The molecule has 3 aromatic carbocycles. The van der Waals surface area contributed by atoms with Crippen LogP contribution >= 0.6 is 7.92 Å². The molecule has 1 heterocycles. The highest BCUT2D eigenvalue weighted by atomic mass is 32.2. The van der Waals surface area contributed by atoms with Gasteiger partial charge in [0.25, 0.3) is 0 Å². The second-order valence-electron chi connectivity index (χ2n) is 8.68. The summed E-state index contributed by atoms with van der Waals surface area (Å²) in [6.07, 6.45) is 0.657. The van der Waals surface area contributed by atoms with Gasteiger partial charge in [0.05, 0.1) is 17.1 Å². The topological polar surface area (TPSA) is 72.0 Å². The fourth-order valence-corrected chi connectivity index (χ4v) is 6.81. The Kier molecular flexibility index (Phi) is 8.12. The van der Waals surface area contributed by atoms with Crippen molar-refractivity contribution in [2.45, 2.75) is 32.9 Å². The highest BCUT2D eigenvalue weighted by Crippen LogP contribution is 2.42. The van der Waals surface area contributed by atoms with E-state index >= 15 is 0 Å². The lowest BCUT2D eigenvalue weighted by atomic mass is 9.99. The summed E-state index contributed by atoms with van der Waals surface area (Å²) in [5.74, 6) is -0.391. The molecule has 186 valence electrons. The van der Waals surface area contributed by atoms with Gasteiger partial charge in [-0.1, -0.05) is 74.5 Å². The van der Waals surface area contributed by atoms with Crippen LogP contribution in [-0.2, 0) is 16.2 Å². The molecule has 1 N–H and O–H groups in total. The minimum Gasteiger partial charge on any atom is -0.251 e. The summed E-state index contributed by atoms with van der Waals surface area (Å²) in [6.45, 7) is 5.63. The number of anilines is 1. The highest BCUT2D eigenvalue weighted by Gasteiger charge is 2.24. The SMILES string of the molecule is CCS(=O)(=O)Nc1nc(-c2ccc(F)cc2)c(CP(c2ccccc2)c2ccccc2)c(C(C)C)n1. The van der Waals surface area contributed by atoms with Crippen LogP contribution in [0.25, 0.3) is 11.3 Å². The molecule has 0 saturated heterocycles. The maximum Gasteiger partial charge on any atom is 0.237 e. The molecule has 0 aliphatic heterocycles. The molecule has 0 fully saturated rings. The lowest BCUT2D eigenvalue weighted by Gasteiger charge is -2.24. The molecule has 1 aromatic heterocycles. The molecule has 0 aliphatic rings. The zero-order valence-corrected chi connectivity index (χ0v) is 22.2. The fraction of sp³-hybridized carbons (Fsp3) is 0.214. The second-order valence-corrected chi connectivity index (χ2v) is 12.9. The average molecular weight is 522 g/mol. The number of hydrogen-bond acceptors (Lipinski definition) is 4. The number of aromatic nitrogens is 2. The summed E-state index contributed by atoms with van der Waals surface area (Å²) >= 11 is 0. The van der Waals surface area contributed by atoms with Gasteiger partial charge in [-0.2, -0.15) is 0 Å². The number of nitrogens with one attached hydrogen (secondary N) is 1. The Balaban J connectivity index is 1.93. The van der Waals surface area contributed by atoms with Crippen LogP contribution in [0, 0.1) is 5.82 Å². The molecule has 0 amide bonds. The van der Waals surface area contributed by atoms with Crippen molar-refractivity contribution in [3.8, 4) is 11.3 Å². The van der Waals surface area contributed by atoms with Gasteiger partial charge in [0, 0.05) is 17.3 Å². The molecule has 0 bridgehead atoms. The molecule has 0 saturated carbocycles. The number of sulfonamides is 1. The van der Waals surface area contributed by atoms with Crippen molar-refractivity contribution in [1.82, 2.24) is 9.97 Å². The van der Waals surface area contributed by atoms with Crippen molar-refractivity contribution in [3.63, 3.8) is 0 Å². The first kappa shape index (κ1) is 25.9. The van der Waals surface area contributed by atoms with E-state index in [0.717, 1.165) is 11.3 Å². The largest absolute Gasteiger partial charge is 0.251 e. The van der Waals surface area contributed by atoms with Crippen LogP contribution in [0.1, 0.15) is 37.9 Å². The molecular weight excluding hydrogens is 492 g/mol. The van der Waals surface area contributed by atoms with E-state index in [0.29, 0.717) is 17.4 Å². The van der Waals surface area contributed by atoms with Gasteiger partial charge in [-0.15, -0.1) is 0 Å². The average Bonchev–Trinajstić information content (AvgIpc) is 2.88. The maximum absolute atomic E-state index is 13.8. The van der Waals surface area contributed by atoms with Crippen molar-refractivity contribution in [2.75, 3.05) is 10.5 Å². The Hall–Kier alpha value is -3.15. The van der Waals surface area contributed by atoms with Gasteiger partial charge in [-0.3, -0.25) is 4.72 Å².